The summed E-state index contributed by atoms with van der Waals surface area (Å²) in [6, 6.07) is 17.8. The highest BCUT2D eigenvalue weighted by Crippen LogP contribution is 2.20. The number of hydrogen-bond donors (Lipinski definition) is 1. The molecule has 0 saturated heterocycles. The highest BCUT2D eigenvalue weighted by atomic mass is 15.2. The molecule has 0 aliphatic rings. The van der Waals surface area contributed by atoms with E-state index in [-0.39, 0.29) is 6.04 Å². The van der Waals surface area contributed by atoms with Crippen LogP contribution in [-0.2, 0) is 0 Å². The van der Waals surface area contributed by atoms with Gasteiger partial charge in [-0.25, -0.2) is 9.97 Å². The Hall–Kier alpha value is -3.72. The Kier molecular flexibility index (Phi) is 4.04. The number of nitriles is 1. The third kappa shape index (κ3) is 2.98. The third-order valence-corrected chi connectivity index (χ3v) is 4.21. The predicted octanol–water partition coefficient (Wildman–Crippen LogP) is 3.86. The van der Waals surface area contributed by atoms with Crippen LogP contribution in [0.3, 0.4) is 0 Å². The summed E-state index contributed by atoms with van der Waals surface area (Å²) < 4.78 is 1.86. The lowest BCUT2D eigenvalue weighted by Gasteiger charge is -2.15. The molecule has 0 aliphatic carbocycles. The number of fused-ring (bicyclic) bond motifs is 1. The van der Waals surface area contributed by atoms with Crippen LogP contribution in [0.2, 0.25) is 0 Å². The minimum absolute atomic E-state index is 0.110. The van der Waals surface area contributed by atoms with Gasteiger partial charge in [-0.2, -0.15) is 5.26 Å². The number of imidazole rings is 1. The second kappa shape index (κ2) is 6.65. The summed E-state index contributed by atoms with van der Waals surface area (Å²) in [5, 5.41) is 12.4. The Morgan fingerprint density at radius 3 is 2.77 bits per heavy atom. The molecule has 1 atom stereocenters. The molecule has 4 aromatic rings. The van der Waals surface area contributed by atoms with E-state index < -0.39 is 0 Å². The maximum absolute atomic E-state index is 9.02. The molecule has 0 saturated carbocycles. The molecule has 0 unspecified atom stereocenters. The van der Waals surface area contributed by atoms with Crippen LogP contribution in [0.4, 0.5) is 5.82 Å². The fourth-order valence-electron chi connectivity index (χ4n) is 2.85. The van der Waals surface area contributed by atoms with Crippen LogP contribution in [0.5, 0.6) is 0 Å². The monoisotopic (exact) mass is 340 g/mol. The lowest BCUT2D eigenvalue weighted by atomic mass is 10.1. The van der Waals surface area contributed by atoms with Crippen molar-refractivity contribution < 1.29 is 0 Å². The summed E-state index contributed by atoms with van der Waals surface area (Å²) in [6.07, 6.45) is 5.09. The molecule has 6 nitrogen and oxygen atoms in total. The fourth-order valence-corrected chi connectivity index (χ4v) is 2.85. The van der Waals surface area contributed by atoms with E-state index in [1.54, 1.807) is 30.9 Å². The second-order valence-electron chi connectivity index (χ2n) is 5.97. The molecular weight excluding hydrogens is 324 g/mol. The molecule has 126 valence electrons. The topological polar surface area (TPSA) is 79.4 Å². The van der Waals surface area contributed by atoms with Crippen LogP contribution in [0, 0.1) is 11.3 Å². The summed E-state index contributed by atoms with van der Waals surface area (Å²) in [4.78, 5) is 13.3. The van der Waals surface area contributed by atoms with E-state index in [9.17, 15) is 0 Å². The number of nitrogens with one attached hydrogen (secondary N) is 1. The number of nitrogens with zero attached hydrogens (tertiary/aromatic N) is 5. The molecule has 2 heterocycles. The largest absolute Gasteiger partial charge is 0.362 e. The molecule has 26 heavy (non-hydrogen) atoms. The lowest BCUT2D eigenvalue weighted by Crippen LogP contribution is -2.09. The molecular formula is C20H16N6. The number of anilines is 1. The molecule has 0 amide bonds. The van der Waals surface area contributed by atoms with Gasteiger partial charge in [-0.3, -0.25) is 9.55 Å². The van der Waals surface area contributed by atoms with E-state index in [0.717, 1.165) is 11.0 Å². The van der Waals surface area contributed by atoms with Crippen LogP contribution >= 0.6 is 0 Å². The zero-order chi connectivity index (χ0) is 17.9. The number of hydrogen-bond acceptors (Lipinski definition) is 5. The first-order valence-corrected chi connectivity index (χ1v) is 8.26. The highest BCUT2D eigenvalue weighted by molar-refractivity contribution is 5.78. The van der Waals surface area contributed by atoms with Gasteiger partial charge in [-0.05, 0) is 30.7 Å². The normalized spacial score (nSPS) is 11.8. The van der Waals surface area contributed by atoms with Crippen LogP contribution in [0.1, 0.15) is 24.1 Å². The Morgan fingerprint density at radius 1 is 1.12 bits per heavy atom. The van der Waals surface area contributed by atoms with E-state index in [1.807, 2.05) is 28.8 Å². The fraction of sp³-hybridized carbons (Fsp3) is 0.100. The van der Waals surface area contributed by atoms with Crippen molar-refractivity contribution in [1.82, 2.24) is 19.5 Å². The molecule has 1 N–H and O–H groups in total. The molecule has 2 aromatic carbocycles. The Bertz CT molecular complexity index is 1090. The van der Waals surface area contributed by atoms with E-state index in [1.165, 1.54) is 5.56 Å². The van der Waals surface area contributed by atoms with Gasteiger partial charge in [0, 0.05) is 6.04 Å². The first-order valence-electron chi connectivity index (χ1n) is 8.26. The van der Waals surface area contributed by atoms with Crippen molar-refractivity contribution >= 4 is 16.9 Å². The van der Waals surface area contributed by atoms with Crippen LogP contribution < -0.4 is 5.32 Å². The van der Waals surface area contributed by atoms with Gasteiger partial charge in [-0.1, -0.05) is 30.3 Å². The average molecular weight is 340 g/mol. The summed E-state index contributed by atoms with van der Waals surface area (Å²) >= 11 is 0. The van der Waals surface area contributed by atoms with Gasteiger partial charge in [0.25, 0.3) is 0 Å². The van der Waals surface area contributed by atoms with E-state index in [2.05, 4.69) is 45.4 Å². The molecule has 0 bridgehead atoms. The molecule has 0 fully saturated rings. The number of rotatable bonds is 4. The second-order valence-corrected chi connectivity index (χ2v) is 5.97. The Morgan fingerprint density at radius 2 is 1.96 bits per heavy atom. The van der Waals surface area contributed by atoms with E-state index in [4.69, 9.17) is 5.26 Å². The van der Waals surface area contributed by atoms with Gasteiger partial charge in [0.15, 0.2) is 5.82 Å². The summed E-state index contributed by atoms with van der Waals surface area (Å²) in [6.45, 7) is 2.08. The molecule has 0 radical (unpaired) electrons. The number of aromatic nitrogens is 4. The molecule has 6 heteroatoms. The molecule has 4 rings (SSSR count). The first-order chi connectivity index (χ1) is 12.7. The minimum Gasteiger partial charge on any atom is -0.362 e. The van der Waals surface area contributed by atoms with Crippen molar-refractivity contribution in [3.05, 3.63) is 78.4 Å². The molecule has 2 aromatic heterocycles. The van der Waals surface area contributed by atoms with E-state index in [0.29, 0.717) is 17.2 Å². The van der Waals surface area contributed by atoms with Gasteiger partial charge in [0.1, 0.15) is 12.1 Å². The molecule has 0 aliphatic heterocycles. The quantitative estimate of drug-likeness (QED) is 0.610. The molecule has 0 spiro atoms. The maximum Gasteiger partial charge on any atom is 0.159 e. The van der Waals surface area contributed by atoms with Crippen LogP contribution in [0.25, 0.3) is 16.9 Å². The minimum atomic E-state index is 0.110. The Labute approximate surface area is 150 Å². The average Bonchev–Trinajstić information content (AvgIpc) is 3.12. The summed E-state index contributed by atoms with van der Waals surface area (Å²) in [5.74, 6) is 1.36. The van der Waals surface area contributed by atoms with Gasteiger partial charge >= 0.3 is 0 Å². The zero-order valence-electron chi connectivity index (χ0n) is 14.2. The van der Waals surface area contributed by atoms with Gasteiger partial charge in [0.05, 0.1) is 35.1 Å². The summed E-state index contributed by atoms with van der Waals surface area (Å²) in [5.41, 5.74) is 3.39. The third-order valence-electron chi connectivity index (χ3n) is 4.21. The van der Waals surface area contributed by atoms with Gasteiger partial charge in [-0.15, -0.1) is 0 Å². The first kappa shape index (κ1) is 15.8. The standard InChI is InChI=1S/C20H16N6/c1-14(16-5-3-2-4-6-16)24-19-11-22-12-20(25-19)26-13-23-17-9-15(10-21)7-8-18(17)26/h2-9,11-14H,1H3,(H,24,25)/t14-/m0/s1. The smallest absolute Gasteiger partial charge is 0.159 e. The zero-order valence-corrected chi connectivity index (χ0v) is 14.2. The predicted molar refractivity (Wildman–Crippen MR) is 99.9 cm³/mol. The van der Waals surface area contributed by atoms with Crippen molar-refractivity contribution in [3.8, 4) is 11.9 Å². The van der Waals surface area contributed by atoms with Gasteiger partial charge in [0.2, 0.25) is 0 Å². The van der Waals surface area contributed by atoms with E-state index >= 15 is 0 Å². The number of benzene rings is 2. The van der Waals surface area contributed by atoms with Crippen LogP contribution in [-0.4, -0.2) is 19.5 Å². The SMILES string of the molecule is C[C@H](Nc1cncc(-n2cnc3cc(C#N)ccc32)n1)c1ccccc1. The van der Waals surface area contributed by atoms with Crippen molar-refractivity contribution in [3.63, 3.8) is 0 Å². The van der Waals surface area contributed by atoms with Crippen molar-refractivity contribution in [2.24, 2.45) is 0 Å². The van der Waals surface area contributed by atoms with Crippen LogP contribution in [0.15, 0.2) is 67.3 Å². The maximum atomic E-state index is 9.02. The lowest BCUT2D eigenvalue weighted by molar-refractivity contribution is 0.865. The van der Waals surface area contributed by atoms with Crippen molar-refractivity contribution in [1.29, 1.82) is 5.26 Å². The Balaban J connectivity index is 1.65. The van der Waals surface area contributed by atoms with Crippen molar-refractivity contribution in [2.75, 3.05) is 5.32 Å². The van der Waals surface area contributed by atoms with Gasteiger partial charge < -0.3 is 5.32 Å². The highest BCUT2D eigenvalue weighted by Gasteiger charge is 2.10. The summed E-state index contributed by atoms with van der Waals surface area (Å²) in [7, 11) is 0. The van der Waals surface area contributed by atoms with Crippen molar-refractivity contribution in [2.45, 2.75) is 13.0 Å².